The molecule has 112 valence electrons. The number of aryl methyl sites for hydroxylation is 1. The van der Waals surface area contributed by atoms with Gasteiger partial charge in [-0.3, -0.25) is 4.79 Å². The number of rotatable bonds is 10. The average molecular weight is 279 g/mol. The van der Waals surface area contributed by atoms with Crippen LogP contribution in [0.5, 0.6) is 5.75 Å². The molecule has 0 fully saturated rings. The van der Waals surface area contributed by atoms with Crippen LogP contribution in [0, 0.1) is 5.92 Å². The number of ether oxygens (including phenoxy) is 1. The summed E-state index contributed by atoms with van der Waals surface area (Å²) in [5.41, 5.74) is 1.28. The molecule has 0 bridgehead atoms. The summed E-state index contributed by atoms with van der Waals surface area (Å²) in [7, 11) is 0. The van der Waals surface area contributed by atoms with Crippen LogP contribution >= 0.6 is 0 Å². The highest BCUT2D eigenvalue weighted by molar-refractivity contribution is 5.66. The Bertz CT molecular complexity index is 387. The maximum Gasteiger partial charge on any atom is 0.304 e. The molecule has 0 aliphatic heterocycles. The van der Waals surface area contributed by atoms with Crippen molar-refractivity contribution < 1.29 is 14.6 Å². The molecule has 0 aliphatic carbocycles. The van der Waals surface area contributed by atoms with Crippen molar-refractivity contribution in [3.05, 3.63) is 29.8 Å². The predicted molar refractivity (Wildman–Crippen MR) is 80.2 cm³/mol. The van der Waals surface area contributed by atoms with E-state index in [1.54, 1.807) is 0 Å². The van der Waals surface area contributed by atoms with Gasteiger partial charge in [-0.15, -0.1) is 0 Å². The van der Waals surface area contributed by atoms with Crippen molar-refractivity contribution in [3.63, 3.8) is 0 Å². The lowest BCUT2D eigenvalue weighted by Gasteiger charge is -2.09. The van der Waals surface area contributed by atoms with Crippen molar-refractivity contribution >= 4 is 5.97 Å². The maximum absolute atomic E-state index is 10.3. The number of hydrogen-bond donors (Lipinski definition) is 2. The molecule has 20 heavy (non-hydrogen) atoms. The zero-order chi connectivity index (χ0) is 14.8. The summed E-state index contributed by atoms with van der Waals surface area (Å²) < 4.78 is 5.63. The van der Waals surface area contributed by atoms with Crippen LogP contribution in [-0.2, 0) is 11.2 Å². The van der Waals surface area contributed by atoms with E-state index in [-0.39, 0.29) is 6.42 Å². The van der Waals surface area contributed by atoms with Gasteiger partial charge in [0.05, 0.1) is 13.0 Å². The van der Waals surface area contributed by atoms with Gasteiger partial charge in [-0.05, 0) is 43.0 Å². The number of carbonyl (C=O) groups is 1. The minimum absolute atomic E-state index is 0.182. The van der Waals surface area contributed by atoms with Crippen molar-refractivity contribution in [3.8, 4) is 5.75 Å². The summed E-state index contributed by atoms with van der Waals surface area (Å²) in [6.45, 7) is 6.39. The van der Waals surface area contributed by atoms with Gasteiger partial charge in [0, 0.05) is 6.54 Å². The third-order valence-electron chi connectivity index (χ3n) is 2.84. The van der Waals surface area contributed by atoms with E-state index in [2.05, 4.69) is 31.3 Å². The summed E-state index contributed by atoms with van der Waals surface area (Å²) in [5.74, 6) is 0.697. The van der Waals surface area contributed by atoms with Gasteiger partial charge < -0.3 is 15.2 Å². The van der Waals surface area contributed by atoms with Gasteiger partial charge in [-0.2, -0.15) is 0 Å². The Balaban J connectivity index is 2.16. The quantitative estimate of drug-likeness (QED) is 0.647. The molecule has 0 atom stereocenters. The Labute approximate surface area is 121 Å². The Morgan fingerprint density at radius 2 is 1.95 bits per heavy atom. The molecule has 0 saturated carbocycles. The van der Waals surface area contributed by atoms with Gasteiger partial charge in [0.15, 0.2) is 0 Å². The average Bonchev–Trinajstić information content (AvgIpc) is 2.41. The van der Waals surface area contributed by atoms with E-state index in [1.807, 2.05) is 12.1 Å². The van der Waals surface area contributed by atoms with Crippen LogP contribution in [0.4, 0.5) is 0 Å². The van der Waals surface area contributed by atoms with Crippen molar-refractivity contribution in [1.82, 2.24) is 5.32 Å². The highest BCUT2D eigenvalue weighted by Crippen LogP contribution is 2.14. The summed E-state index contributed by atoms with van der Waals surface area (Å²) in [5, 5.41) is 11.6. The molecule has 0 spiro atoms. The second-order valence-corrected chi connectivity index (χ2v) is 5.35. The lowest BCUT2D eigenvalue weighted by molar-refractivity contribution is -0.136. The molecule has 1 rings (SSSR count). The number of carboxylic acids is 1. The molecule has 2 N–H and O–H groups in total. The van der Waals surface area contributed by atoms with Gasteiger partial charge in [0.1, 0.15) is 5.75 Å². The lowest BCUT2D eigenvalue weighted by Crippen LogP contribution is -2.19. The minimum Gasteiger partial charge on any atom is -0.493 e. The molecule has 4 nitrogen and oxygen atoms in total. The first-order chi connectivity index (χ1) is 9.58. The van der Waals surface area contributed by atoms with E-state index in [4.69, 9.17) is 9.84 Å². The molecule has 0 aromatic heterocycles. The first kappa shape index (κ1) is 16.5. The third-order valence-corrected chi connectivity index (χ3v) is 2.84. The van der Waals surface area contributed by atoms with Crippen molar-refractivity contribution in [1.29, 1.82) is 0 Å². The fraction of sp³-hybridized carbons (Fsp3) is 0.562. The van der Waals surface area contributed by atoms with Crippen LogP contribution in [0.3, 0.4) is 0 Å². The van der Waals surface area contributed by atoms with Crippen LogP contribution in [0.15, 0.2) is 24.3 Å². The van der Waals surface area contributed by atoms with Gasteiger partial charge in [0.25, 0.3) is 0 Å². The van der Waals surface area contributed by atoms with E-state index < -0.39 is 5.97 Å². The largest absolute Gasteiger partial charge is 0.493 e. The standard InChI is InChI=1S/C16H25NO3/c1-13(2)12-20-15-7-5-14(6-8-15)4-3-10-17-11-9-16(18)19/h5-8,13,17H,3-4,9-12H2,1-2H3,(H,18,19). The first-order valence-electron chi connectivity index (χ1n) is 7.22. The third kappa shape index (κ3) is 7.79. The van der Waals surface area contributed by atoms with E-state index in [9.17, 15) is 4.79 Å². The van der Waals surface area contributed by atoms with Crippen LogP contribution in [0.25, 0.3) is 0 Å². The van der Waals surface area contributed by atoms with E-state index in [1.165, 1.54) is 5.56 Å². The Kier molecular flexibility index (Phi) is 7.73. The molecule has 1 aromatic carbocycles. The second-order valence-electron chi connectivity index (χ2n) is 5.35. The molecule has 0 saturated heterocycles. The van der Waals surface area contributed by atoms with Gasteiger partial charge in [0.2, 0.25) is 0 Å². The van der Waals surface area contributed by atoms with Crippen molar-refractivity contribution in [2.45, 2.75) is 33.1 Å². The van der Waals surface area contributed by atoms with Crippen LogP contribution in [0.2, 0.25) is 0 Å². The molecule has 0 radical (unpaired) electrons. The lowest BCUT2D eigenvalue weighted by atomic mass is 10.1. The molecule has 1 aromatic rings. The van der Waals surface area contributed by atoms with Gasteiger partial charge in [-0.1, -0.05) is 26.0 Å². The molecule has 0 unspecified atom stereocenters. The van der Waals surface area contributed by atoms with E-state index in [0.29, 0.717) is 12.5 Å². The molecule has 0 aliphatic rings. The Morgan fingerprint density at radius 3 is 2.55 bits per heavy atom. The van der Waals surface area contributed by atoms with Crippen LogP contribution in [0.1, 0.15) is 32.3 Å². The Hall–Kier alpha value is -1.55. The number of nitrogens with one attached hydrogen (secondary N) is 1. The molecule has 0 amide bonds. The number of aliphatic carboxylic acids is 1. The summed E-state index contributed by atoms with van der Waals surface area (Å²) >= 11 is 0. The van der Waals surface area contributed by atoms with Gasteiger partial charge in [-0.25, -0.2) is 0 Å². The van der Waals surface area contributed by atoms with Crippen molar-refractivity contribution in [2.75, 3.05) is 19.7 Å². The van der Waals surface area contributed by atoms with Crippen LogP contribution < -0.4 is 10.1 Å². The number of carboxylic acid groups (broad SMARTS) is 1. The highest BCUT2D eigenvalue weighted by Gasteiger charge is 1.99. The first-order valence-corrected chi connectivity index (χ1v) is 7.22. The maximum atomic E-state index is 10.3. The van der Waals surface area contributed by atoms with E-state index >= 15 is 0 Å². The molecular weight excluding hydrogens is 254 g/mol. The van der Waals surface area contributed by atoms with E-state index in [0.717, 1.165) is 31.7 Å². The van der Waals surface area contributed by atoms with Crippen molar-refractivity contribution in [2.24, 2.45) is 5.92 Å². The van der Waals surface area contributed by atoms with Crippen LogP contribution in [-0.4, -0.2) is 30.8 Å². The smallest absolute Gasteiger partial charge is 0.304 e. The number of benzene rings is 1. The minimum atomic E-state index is -0.755. The monoisotopic (exact) mass is 279 g/mol. The Morgan fingerprint density at radius 1 is 1.25 bits per heavy atom. The summed E-state index contributed by atoms with van der Waals surface area (Å²) in [6, 6.07) is 8.20. The zero-order valence-electron chi connectivity index (χ0n) is 12.4. The normalized spacial score (nSPS) is 10.8. The fourth-order valence-corrected chi connectivity index (χ4v) is 1.75. The fourth-order valence-electron chi connectivity index (χ4n) is 1.75. The summed E-state index contributed by atoms with van der Waals surface area (Å²) in [6.07, 6.45) is 2.18. The molecule has 4 heteroatoms. The molecular formula is C16H25NO3. The van der Waals surface area contributed by atoms with Gasteiger partial charge >= 0.3 is 5.97 Å². The number of hydrogen-bond acceptors (Lipinski definition) is 3. The topological polar surface area (TPSA) is 58.6 Å². The molecule has 0 heterocycles. The predicted octanol–water partition coefficient (Wildman–Crippen LogP) is 2.72. The highest BCUT2D eigenvalue weighted by atomic mass is 16.5. The SMILES string of the molecule is CC(C)COc1ccc(CCCNCCC(=O)O)cc1. The zero-order valence-corrected chi connectivity index (χ0v) is 12.4. The summed E-state index contributed by atoms with van der Waals surface area (Å²) in [4.78, 5) is 10.3. The second kappa shape index (κ2) is 9.37.